The van der Waals surface area contributed by atoms with Gasteiger partial charge in [0.05, 0.1) is 9.82 Å². The van der Waals surface area contributed by atoms with Crippen LogP contribution in [0.5, 0.6) is 0 Å². The largest absolute Gasteiger partial charge is 0.274 e. The third-order valence-electron chi connectivity index (χ3n) is 3.08. The number of rotatable bonds is 6. The minimum Gasteiger partial charge on any atom is -0.258 e. The topological polar surface area (TPSA) is 89.3 Å². The van der Waals surface area contributed by atoms with Crippen LogP contribution in [0.4, 0.5) is 5.69 Å². The van der Waals surface area contributed by atoms with E-state index >= 15 is 0 Å². The van der Waals surface area contributed by atoms with Crippen molar-refractivity contribution < 1.29 is 13.3 Å². The normalized spacial score (nSPS) is 11.4. The monoisotopic (exact) mass is 372 g/mol. The Bertz CT molecular complexity index is 823. The molecule has 0 aromatic heterocycles. The van der Waals surface area contributed by atoms with E-state index < -0.39 is 14.9 Å². The van der Waals surface area contributed by atoms with Gasteiger partial charge >= 0.3 is 0 Å². The van der Waals surface area contributed by atoms with Crippen molar-refractivity contribution in [2.75, 3.05) is 6.54 Å². The van der Waals surface area contributed by atoms with Crippen molar-refractivity contribution in [2.45, 2.75) is 16.2 Å². The fourth-order valence-electron chi connectivity index (χ4n) is 1.95. The molecule has 0 saturated carbocycles. The van der Waals surface area contributed by atoms with Crippen LogP contribution in [0.2, 0.25) is 5.02 Å². The molecule has 0 unspecified atom stereocenters. The van der Waals surface area contributed by atoms with Gasteiger partial charge in [0, 0.05) is 28.1 Å². The summed E-state index contributed by atoms with van der Waals surface area (Å²) >= 11 is 9.83. The zero-order valence-corrected chi connectivity index (χ0v) is 14.2. The molecule has 23 heavy (non-hydrogen) atoms. The highest BCUT2D eigenvalue weighted by molar-refractivity contribution is 7.89. The number of halogens is 1. The number of nitrogens with one attached hydrogen (secondary N) is 1. The van der Waals surface area contributed by atoms with Crippen molar-refractivity contribution in [1.29, 1.82) is 0 Å². The molecule has 6 nitrogen and oxygen atoms in total. The minimum atomic E-state index is -3.67. The van der Waals surface area contributed by atoms with E-state index in [2.05, 4.69) is 17.4 Å². The first kappa shape index (κ1) is 17.7. The van der Waals surface area contributed by atoms with Crippen LogP contribution >= 0.6 is 24.2 Å². The van der Waals surface area contributed by atoms with E-state index in [-0.39, 0.29) is 28.6 Å². The number of nitro groups is 1. The molecule has 122 valence electrons. The smallest absolute Gasteiger partial charge is 0.258 e. The lowest BCUT2D eigenvalue weighted by Gasteiger charge is -2.07. The lowest BCUT2D eigenvalue weighted by atomic mass is 10.1. The van der Waals surface area contributed by atoms with Gasteiger partial charge in [-0.2, -0.15) is 0 Å². The van der Waals surface area contributed by atoms with Crippen LogP contribution in [0.1, 0.15) is 5.56 Å². The summed E-state index contributed by atoms with van der Waals surface area (Å²) in [7, 11) is -3.67. The Kier molecular flexibility index (Phi) is 5.64. The van der Waals surface area contributed by atoms with Gasteiger partial charge in [-0.05, 0) is 36.8 Å². The highest BCUT2D eigenvalue weighted by Crippen LogP contribution is 2.23. The van der Waals surface area contributed by atoms with Gasteiger partial charge in [-0.25, -0.2) is 13.1 Å². The van der Waals surface area contributed by atoms with Crippen LogP contribution in [0.25, 0.3) is 0 Å². The van der Waals surface area contributed by atoms with Gasteiger partial charge in [0.25, 0.3) is 5.69 Å². The molecule has 0 amide bonds. The number of benzene rings is 2. The molecule has 2 rings (SSSR count). The molecule has 0 heterocycles. The Hall–Kier alpha value is -1.61. The molecule has 0 atom stereocenters. The molecule has 0 bridgehead atoms. The zero-order valence-electron chi connectivity index (χ0n) is 11.8. The molecular weight excluding hydrogens is 360 g/mol. The van der Waals surface area contributed by atoms with Gasteiger partial charge in [-0.3, -0.25) is 10.1 Å². The Balaban J connectivity index is 2.08. The number of sulfonamides is 1. The average Bonchev–Trinajstić information content (AvgIpc) is 2.49. The molecule has 2 aromatic rings. The molecule has 9 heteroatoms. The van der Waals surface area contributed by atoms with Gasteiger partial charge in [-0.1, -0.05) is 17.7 Å². The van der Waals surface area contributed by atoms with Crippen LogP contribution in [0.15, 0.2) is 52.3 Å². The summed E-state index contributed by atoms with van der Waals surface area (Å²) in [6.07, 6.45) is 0.178. The zero-order chi connectivity index (χ0) is 17.0. The van der Waals surface area contributed by atoms with Crippen LogP contribution < -0.4 is 4.72 Å². The fraction of sp³-hybridized carbons (Fsp3) is 0.143. The second kappa shape index (κ2) is 7.31. The fourth-order valence-corrected chi connectivity index (χ4v) is 3.29. The second-order valence-electron chi connectivity index (χ2n) is 4.67. The van der Waals surface area contributed by atoms with E-state index in [0.717, 1.165) is 0 Å². The van der Waals surface area contributed by atoms with Gasteiger partial charge < -0.3 is 0 Å². The Labute approximate surface area is 144 Å². The van der Waals surface area contributed by atoms with E-state index in [4.69, 9.17) is 11.6 Å². The summed E-state index contributed by atoms with van der Waals surface area (Å²) in [6, 6.07) is 10.3. The molecule has 0 aliphatic carbocycles. The number of nitrogens with zero attached hydrogens (tertiary/aromatic N) is 1. The Morgan fingerprint density at radius 1 is 1.17 bits per heavy atom. The highest BCUT2D eigenvalue weighted by Gasteiger charge is 2.16. The molecule has 0 aliphatic rings. The maximum Gasteiger partial charge on any atom is 0.274 e. The van der Waals surface area contributed by atoms with Crippen molar-refractivity contribution in [3.05, 3.63) is 63.2 Å². The van der Waals surface area contributed by atoms with Gasteiger partial charge in [0.15, 0.2) is 0 Å². The van der Waals surface area contributed by atoms with Crippen molar-refractivity contribution in [3.63, 3.8) is 0 Å². The van der Waals surface area contributed by atoms with E-state index in [1.165, 1.54) is 30.3 Å². The van der Waals surface area contributed by atoms with Crippen molar-refractivity contribution in [3.8, 4) is 0 Å². The van der Waals surface area contributed by atoms with E-state index in [9.17, 15) is 18.5 Å². The van der Waals surface area contributed by atoms with Crippen LogP contribution in [-0.4, -0.2) is 19.9 Å². The Morgan fingerprint density at radius 3 is 2.43 bits per heavy atom. The van der Waals surface area contributed by atoms with Crippen molar-refractivity contribution >= 4 is 39.9 Å². The third kappa shape index (κ3) is 4.68. The summed E-state index contributed by atoms with van der Waals surface area (Å²) in [5.74, 6) is 0. The number of hydrogen-bond acceptors (Lipinski definition) is 5. The highest BCUT2D eigenvalue weighted by atomic mass is 35.5. The number of thiol groups is 1. The second-order valence-corrected chi connectivity index (χ2v) is 7.39. The molecule has 0 radical (unpaired) electrons. The lowest BCUT2D eigenvalue weighted by molar-refractivity contribution is -0.385. The summed E-state index contributed by atoms with van der Waals surface area (Å²) in [4.78, 5) is 11.2. The summed E-state index contributed by atoms with van der Waals surface area (Å²) in [6.45, 7) is 0.0352. The predicted molar refractivity (Wildman–Crippen MR) is 90.7 cm³/mol. The molecule has 0 spiro atoms. The van der Waals surface area contributed by atoms with Crippen LogP contribution in [0.3, 0.4) is 0 Å². The average molecular weight is 373 g/mol. The molecule has 0 fully saturated rings. The summed E-state index contributed by atoms with van der Waals surface area (Å²) < 4.78 is 26.6. The molecular formula is C14H13ClN2O4S2. The number of nitro benzene ring substituents is 1. The molecule has 0 aliphatic heterocycles. The van der Waals surface area contributed by atoms with Crippen LogP contribution in [-0.2, 0) is 16.4 Å². The van der Waals surface area contributed by atoms with Crippen molar-refractivity contribution in [2.24, 2.45) is 0 Å². The minimum absolute atomic E-state index is 0.0352. The molecule has 0 saturated heterocycles. The van der Waals surface area contributed by atoms with Gasteiger partial charge in [0.2, 0.25) is 10.0 Å². The van der Waals surface area contributed by atoms with Crippen molar-refractivity contribution in [1.82, 2.24) is 4.72 Å². The predicted octanol–water partition coefficient (Wildman–Crippen LogP) is 3.06. The summed E-state index contributed by atoms with van der Waals surface area (Å²) in [5.41, 5.74) is 0.281. The third-order valence-corrected chi connectivity index (χ3v) is 5.09. The Morgan fingerprint density at radius 2 is 1.83 bits per heavy atom. The van der Waals surface area contributed by atoms with Gasteiger partial charge in [0.1, 0.15) is 0 Å². The maximum atomic E-state index is 12.1. The quantitative estimate of drug-likeness (QED) is 0.463. The maximum absolute atomic E-state index is 12.1. The number of hydrogen-bond donors (Lipinski definition) is 2. The SMILES string of the molecule is O=[N+]([O-])c1cc(Cl)ccc1CCNS(=O)(=O)c1ccc(S)cc1. The molecule has 2 aromatic carbocycles. The standard InChI is InChI=1S/C14H13ClN2O4S2/c15-11-2-1-10(14(9-11)17(18)19)7-8-16-23(20,21)13-5-3-12(22)4-6-13/h1-6,9,16,22H,7-8H2. The first-order chi connectivity index (χ1) is 10.8. The van der Waals surface area contributed by atoms with Crippen LogP contribution in [0, 0.1) is 10.1 Å². The van der Waals surface area contributed by atoms with Gasteiger partial charge in [-0.15, -0.1) is 12.6 Å². The van der Waals surface area contributed by atoms with E-state index in [1.807, 2.05) is 0 Å². The summed E-state index contributed by atoms with van der Waals surface area (Å²) in [5, 5.41) is 11.2. The lowest BCUT2D eigenvalue weighted by Crippen LogP contribution is -2.26. The first-order valence-corrected chi connectivity index (χ1v) is 8.82. The first-order valence-electron chi connectivity index (χ1n) is 6.51. The van der Waals surface area contributed by atoms with E-state index in [0.29, 0.717) is 10.5 Å². The van der Waals surface area contributed by atoms with E-state index in [1.54, 1.807) is 12.1 Å². The molecule has 1 N–H and O–H groups in total.